The van der Waals surface area contributed by atoms with Gasteiger partial charge in [-0.25, -0.2) is 0 Å². The van der Waals surface area contributed by atoms with Crippen molar-refractivity contribution >= 4 is 11.4 Å². The van der Waals surface area contributed by atoms with E-state index >= 15 is 0 Å². The molecule has 0 aliphatic carbocycles. The van der Waals surface area contributed by atoms with Crippen LogP contribution in [0.15, 0.2) is 0 Å². The van der Waals surface area contributed by atoms with Gasteiger partial charge in [-0.2, -0.15) is 0 Å². The van der Waals surface area contributed by atoms with Crippen LogP contribution in [0.4, 0.5) is 0 Å². The number of carbonyl (C=O) groups is 1. The summed E-state index contributed by atoms with van der Waals surface area (Å²) in [6, 6.07) is 0. The second-order valence-corrected chi connectivity index (χ2v) is 11.0. The number of hydrogen-bond donors (Lipinski definition) is 0. The number of rotatable bonds is 9. The first kappa shape index (κ1) is 17.3. The van der Waals surface area contributed by atoms with Gasteiger partial charge in [-0.1, -0.05) is 0 Å². The Labute approximate surface area is 115 Å². The fourth-order valence-electron chi connectivity index (χ4n) is 1.14. The van der Waals surface area contributed by atoms with E-state index in [1.807, 2.05) is 6.92 Å². The molecule has 0 saturated carbocycles. The zero-order valence-corrected chi connectivity index (χ0v) is 13.7. The van der Waals surface area contributed by atoms with Crippen molar-refractivity contribution in [3.8, 4) is 0 Å². The molecule has 6 heteroatoms. The fraction of sp³-hybridized carbons (Fsp3) is 0.909. The second-order valence-electron chi connectivity index (χ2n) is 4.31. The third-order valence-electron chi connectivity index (χ3n) is 2.11. The summed E-state index contributed by atoms with van der Waals surface area (Å²) in [4.78, 5) is 11.3. The Morgan fingerprint density at radius 3 is 2.53 bits per heavy atom. The van der Waals surface area contributed by atoms with Gasteiger partial charge >= 0.3 is 115 Å². The van der Waals surface area contributed by atoms with Crippen molar-refractivity contribution < 1.29 is 37.9 Å². The van der Waals surface area contributed by atoms with Crippen molar-refractivity contribution in [3.63, 3.8) is 0 Å². The topological polar surface area (TPSA) is 52.6 Å². The zero-order valence-electron chi connectivity index (χ0n) is 10.8. The summed E-state index contributed by atoms with van der Waals surface area (Å²) >= 11 is 1.51. The minimum atomic E-state index is -2.42. The first-order valence-electron chi connectivity index (χ1n) is 5.94. The Morgan fingerprint density at radius 1 is 1.35 bits per heavy atom. The van der Waals surface area contributed by atoms with Crippen LogP contribution in [0.25, 0.3) is 0 Å². The van der Waals surface area contributed by atoms with Crippen LogP contribution in [-0.2, 0) is 37.9 Å². The molecule has 0 rings (SSSR count). The number of carbonyl (C=O) groups excluding carboxylic acids is 1. The van der Waals surface area contributed by atoms with Crippen molar-refractivity contribution in [2.45, 2.75) is 39.5 Å². The summed E-state index contributed by atoms with van der Waals surface area (Å²) in [7, 11) is 0. The molecule has 0 spiro atoms. The Kier molecular flexibility index (Phi) is 9.49. The molecule has 0 N–H and O–H groups in total. The van der Waals surface area contributed by atoms with Crippen LogP contribution < -0.4 is 0 Å². The standard InChI is InChI=1S/C11H22O4P.Mo/c1-4-5-6-7-11(12)14-8-10(2)9-15-16(3)13;/h10H,4-9H2,1-3H3;/q+1;-1. The van der Waals surface area contributed by atoms with Gasteiger partial charge in [-0.3, -0.25) is 0 Å². The molecule has 101 valence electrons. The van der Waals surface area contributed by atoms with E-state index in [9.17, 15) is 9.36 Å². The van der Waals surface area contributed by atoms with Crippen LogP contribution in [-0.4, -0.2) is 25.8 Å². The molecule has 2 atom stereocenters. The van der Waals surface area contributed by atoms with Gasteiger partial charge in [0.05, 0.1) is 0 Å². The van der Waals surface area contributed by atoms with E-state index in [-0.39, 0.29) is 11.9 Å². The van der Waals surface area contributed by atoms with Gasteiger partial charge < -0.3 is 0 Å². The molecule has 0 bridgehead atoms. The molecular formula is C11H22MoO4P. The number of unbranched alkanes of at least 4 members (excludes halogenated alkanes) is 2. The van der Waals surface area contributed by atoms with Gasteiger partial charge in [0.1, 0.15) is 0 Å². The molecular weight excluding hydrogens is 323 g/mol. The Hall–Kier alpha value is 0.348. The summed E-state index contributed by atoms with van der Waals surface area (Å²) < 4.78 is 21.6. The molecule has 0 aromatic rings. The third-order valence-corrected chi connectivity index (χ3v) is 3.50. The molecule has 0 radical (unpaired) electrons. The monoisotopic (exact) mass is 347 g/mol. The molecule has 0 aliphatic heterocycles. The molecule has 0 aromatic heterocycles. The summed E-state index contributed by atoms with van der Waals surface area (Å²) in [5, 5.41) is 0. The van der Waals surface area contributed by atoms with E-state index in [2.05, 4.69) is 6.92 Å². The van der Waals surface area contributed by atoms with E-state index < -0.39 is 5.46 Å². The number of esters is 1. The minimum absolute atomic E-state index is 0.0834. The molecule has 2 unspecified atom stereocenters. The Balaban J connectivity index is 3.59. The van der Waals surface area contributed by atoms with E-state index in [4.69, 9.17) is 9.26 Å². The van der Waals surface area contributed by atoms with Crippen molar-refractivity contribution in [2.24, 2.45) is 5.92 Å². The van der Waals surface area contributed by atoms with Crippen molar-refractivity contribution in [1.82, 2.24) is 0 Å². The summed E-state index contributed by atoms with van der Waals surface area (Å²) in [6.45, 7) is 6.30. The third kappa shape index (κ3) is 12.6. The van der Waals surface area contributed by atoms with E-state index in [0.717, 1.165) is 19.3 Å². The van der Waals surface area contributed by atoms with Crippen LogP contribution >= 0.6 is 5.46 Å². The Bertz CT molecular complexity index is 264. The van der Waals surface area contributed by atoms with Crippen molar-refractivity contribution in [1.29, 1.82) is 0 Å². The summed E-state index contributed by atoms with van der Waals surface area (Å²) in [5.41, 5.74) is -2.42. The number of ether oxygens (including phenoxy) is 1. The molecule has 0 saturated heterocycles. The molecule has 0 aliphatic rings. The Morgan fingerprint density at radius 2 is 2.00 bits per heavy atom. The average molecular weight is 345 g/mol. The van der Waals surface area contributed by atoms with Crippen molar-refractivity contribution in [3.05, 3.63) is 0 Å². The average Bonchev–Trinajstić information content (AvgIpc) is 2.23. The van der Waals surface area contributed by atoms with Crippen LogP contribution in [0.5, 0.6) is 0 Å². The van der Waals surface area contributed by atoms with Gasteiger partial charge in [0, 0.05) is 0 Å². The normalized spacial score (nSPS) is 16.2. The van der Waals surface area contributed by atoms with Crippen LogP contribution in [0.1, 0.15) is 39.5 Å². The van der Waals surface area contributed by atoms with Gasteiger partial charge in [0.25, 0.3) is 0 Å². The van der Waals surface area contributed by atoms with Crippen LogP contribution in [0, 0.1) is 5.92 Å². The second kappa shape index (κ2) is 9.30. The zero-order chi connectivity index (χ0) is 13.3. The van der Waals surface area contributed by atoms with Crippen LogP contribution in [0.3, 0.4) is 0 Å². The van der Waals surface area contributed by atoms with Gasteiger partial charge in [0.15, 0.2) is 0 Å². The predicted molar refractivity (Wildman–Crippen MR) is 63.7 cm³/mol. The number of hydrogen-bond acceptors (Lipinski definition) is 4. The van der Waals surface area contributed by atoms with E-state index in [0.29, 0.717) is 19.6 Å². The fourth-order valence-corrected chi connectivity index (χ4v) is 2.11. The SMILES string of the molecule is CCCCCC(=O)OCC(C)CO[P](C)(=O)[Mo]. The summed E-state index contributed by atoms with van der Waals surface area (Å²) in [5.74, 6) is -0.0674. The maximum absolute atomic E-state index is 11.3. The first-order chi connectivity index (χ1) is 7.85. The first-order valence-corrected chi connectivity index (χ1v) is 10.6. The predicted octanol–water partition coefficient (Wildman–Crippen LogP) is 3.13. The molecule has 0 heterocycles. The molecule has 4 nitrogen and oxygen atoms in total. The molecule has 17 heavy (non-hydrogen) atoms. The van der Waals surface area contributed by atoms with Crippen LogP contribution in [0.2, 0.25) is 0 Å². The molecule has 0 fully saturated rings. The summed E-state index contributed by atoms with van der Waals surface area (Å²) in [6.07, 6.45) is 3.53. The van der Waals surface area contributed by atoms with Crippen molar-refractivity contribution in [2.75, 3.05) is 19.9 Å². The molecule has 0 aromatic carbocycles. The quantitative estimate of drug-likeness (QED) is 0.279. The molecule has 0 amide bonds. The van der Waals surface area contributed by atoms with E-state index in [1.54, 1.807) is 6.66 Å². The van der Waals surface area contributed by atoms with Gasteiger partial charge in [-0.05, 0) is 0 Å². The maximum atomic E-state index is 11.3. The van der Waals surface area contributed by atoms with Gasteiger partial charge in [-0.15, -0.1) is 0 Å². The van der Waals surface area contributed by atoms with Gasteiger partial charge in [0.2, 0.25) is 0 Å². The van der Waals surface area contributed by atoms with E-state index in [1.165, 1.54) is 19.3 Å².